The maximum Gasteiger partial charge on any atom is 0.262 e. The van der Waals surface area contributed by atoms with Gasteiger partial charge in [-0.3, -0.25) is 4.79 Å². The standard InChI is InChI=1S/C29H22Br2N2O2/c1-19(22-7-3-2-4-8-22)33-29(34)25(17-32)14-21-15-26(30)28(27(31)16-21)35-18-20-11-12-23-9-5-6-10-24(23)13-20/h2-16,19H,18H2,1H3,(H,33,34)/b25-14-/t19-/m0/s1. The lowest BCUT2D eigenvalue weighted by atomic mass is 10.1. The fourth-order valence-corrected chi connectivity index (χ4v) is 5.15. The SMILES string of the molecule is C[C@H](NC(=O)/C(C#N)=C\c1cc(Br)c(OCc2ccc3ccccc3c2)c(Br)c1)c1ccccc1. The van der Waals surface area contributed by atoms with Gasteiger partial charge in [0.1, 0.15) is 24.0 Å². The van der Waals surface area contributed by atoms with Gasteiger partial charge in [-0.2, -0.15) is 5.26 Å². The van der Waals surface area contributed by atoms with E-state index < -0.39 is 5.91 Å². The number of carbonyl (C=O) groups is 1. The van der Waals surface area contributed by atoms with Crippen molar-refractivity contribution in [1.82, 2.24) is 5.32 Å². The first-order valence-corrected chi connectivity index (χ1v) is 12.6. The molecule has 0 aromatic heterocycles. The third-order valence-corrected chi connectivity index (χ3v) is 6.72. The number of nitriles is 1. The highest BCUT2D eigenvalue weighted by molar-refractivity contribution is 9.11. The van der Waals surface area contributed by atoms with Crippen LogP contribution in [0.5, 0.6) is 5.75 Å². The van der Waals surface area contributed by atoms with Crippen LogP contribution in [-0.2, 0) is 11.4 Å². The Bertz CT molecular complexity index is 1420. The smallest absolute Gasteiger partial charge is 0.262 e. The van der Waals surface area contributed by atoms with E-state index in [1.165, 1.54) is 5.39 Å². The number of nitrogens with zero attached hydrogens (tertiary/aromatic N) is 1. The zero-order valence-electron chi connectivity index (χ0n) is 19.0. The van der Waals surface area contributed by atoms with E-state index in [9.17, 15) is 10.1 Å². The first-order chi connectivity index (χ1) is 16.9. The van der Waals surface area contributed by atoms with E-state index in [1.54, 1.807) is 6.08 Å². The molecule has 6 heteroatoms. The lowest BCUT2D eigenvalue weighted by Crippen LogP contribution is -2.27. The predicted octanol–water partition coefficient (Wildman–Crippen LogP) is 7.73. The van der Waals surface area contributed by atoms with Crippen LogP contribution in [-0.4, -0.2) is 5.91 Å². The van der Waals surface area contributed by atoms with Crippen molar-refractivity contribution in [2.75, 3.05) is 0 Å². The number of hydrogen-bond acceptors (Lipinski definition) is 3. The Morgan fingerprint density at radius 3 is 2.31 bits per heavy atom. The highest BCUT2D eigenvalue weighted by Gasteiger charge is 2.15. The van der Waals surface area contributed by atoms with Crippen molar-refractivity contribution in [3.8, 4) is 11.8 Å². The van der Waals surface area contributed by atoms with Crippen LogP contribution >= 0.6 is 31.9 Å². The van der Waals surface area contributed by atoms with Gasteiger partial charge in [-0.05, 0) is 90.5 Å². The first kappa shape index (κ1) is 24.7. The molecule has 0 radical (unpaired) electrons. The van der Waals surface area contributed by atoms with Crippen LogP contribution in [0.1, 0.15) is 29.7 Å². The van der Waals surface area contributed by atoms with Crippen LogP contribution in [0.4, 0.5) is 0 Å². The maximum absolute atomic E-state index is 12.7. The number of rotatable bonds is 7. The summed E-state index contributed by atoms with van der Waals surface area (Å²) in [6.45, 7) is 2.29. The molecule has 0 bridgehead atoms. The second-order valence-electron chi connectivity index (χ2n) is 8.06. The lowest BCUT2D eigenvalue weighted by Gasteiger charge is -2.14. The Morgan fingerprint density at radius 1 is 0.971 bits per heavy atom. The van der Waals surface area contributed by atoms with Gasteiger partial charge in [0.15, 0.2) is 0 Å². The number of ether oxygens (including phenoxy) is 1. The molecule has 4 rings (SSSR count). The van der Waals surface area contributed by atoms with Crippen molar-refractivity contribution < 1.29 is 9.53 Å². The summed E-state index contributed by atoms with van der Waals surface area (Å²) in [6.07, 6.45) is 1.57. The topological polar surface area (TPSA) is 62.1 Å². The Balaban J connectivity index is 1.48. The molecule has 0 spiro atoms. The second-order valence-corrected chi connectivity index (χ2v) is 9.77. The predicted molar refractivity (Wildman–Crippen MR) is 147 cm³/mol. The molecule has 35 heavy (non-hydrogen) atoms. The molecular weight excluding hydrogens is 568 g/mol. The molecule has 0 fully saturated rings. The van der Waals surface area contributed by atoms with Gasteiger partial charge >= 0.3 is 0 Å². The highest BCUT2D eigenvalue weighted by atomic mass is 79.9. The molecule has 0 heterocycles. The summed E-state index contributed by atoms with van der Waals surface area (Å²) in [4.78, 5) is 12.7. The number of fused-ring (bicyclic) bond motifs is 1. The lowest BCUT2D eigenvalue weighted by molar-refractivity contribution is -0.117. The van der Waals surface area contributed by atoms with Crippen LogP contribution in [0.25, 0.3) is 16.8 Å². The maximum atomic E-state index is 12.7. The molecular formula is C29H22Br2N2O2. The van der Waals surface area contributed by atoms with Gasteiger partial charge in [-0.25, -0.2) is 0 Å². The van der Waals surface area contributed by atoms with Crippen molar-refractivity contribution in [3.05, 3.63) is 116 Å². The quantitative estimate of drug-likeness (QED) is 0.177. The van der Waals surface area contributed by atoms with Gasteiger partial charge in [0, 0.05) is 0 Å². The van der Waals surface area contributed by atoms with Crippen LogP contribution in [0, 0.1) is 11.3 Å². The monoisotopic (exact) mass is 588 g/mol. The van der Waals surface area contributed by atoms with Gasteiger partial charge in [0.2, 0.25) is 0 Å². The van der Waals surface area contributed by atoms with Crippen LogP contribution < -0.4 is 10.1 Å². The molecule has 0 saturated carbocycles. The number of halogens is 2. The summed E-state index contributed by atoms with van der Waals surface area (Å²) < 4.78 is 7.51. The van der Waals surface area contributed by atoms with Crippen LogP contribution in [0.2, 0.25) is 0 Å². The molecule has 1 N–H and O–H groups in total. The Kier molecular flexibility index (Phi) is 8.02. The van der Waals surface area contributed by atoms with Crippen molar-refractivity contribution in [2.45, 2.75) is 19.6 Å². The number of amides is 1. The van der Waals surface area contributed by atoms with Crippen LogP contribution in [0.3, 0.4) is 0 Å². The molecule has 174 valence electrons. The molecule has 0 aliphatic rings. The normalized spacial score (nSPS) is 12.1. The average Bonchev–Trinajstić information content (AvgIpc) is 2.87. The largest absolute Gasteiger partial charge is 0.487 e. The molecule has 4 aromatic carbocycles. The summed E-state index contributed by atoms with van der Waals surface area (Å²) in [5, 5.41) is 14.8. The van der Waals surface area contributed by atoms with Crippen molar-refractivity contribution in [3.63, 3.8) is 0 Å². The molecule has 0 saturated heterocycles. The van der Waals surface area contributed by atoms with E-state index in [0.29, 0.717) is 26.9 Å². The Hall–Kier alpha value is -3.40. The van der Waals surface area contributed by atoms with Gasteiger partial charge in [0.25, 0.3) is 5.91 Å². The van der Waals surface area contributed by atoms with E-state index in [-0.39, 0.29) is 11.6 Å². The highest BCUT2D eigenvalue weighted by Crippen LogP contribution is 2.36. The summed E-state index contributed by atoms with van der Waals surface area (Å²) in [5.74, 6) is 0.226. The van der Waals surface area contributed by atoms with Crippen LogP contribution in [0.15, 0.2) is 99.4 Å². The van der Waals surface area contributed by atoms with E-state index in [1.807, 2.05) is 67.6 Å². The fraction of sp³-hybridized carbons (Fsp3) is 0.103. The van der Waals surface area contributed by atoms with Crippen molar-refractivity contribution in [2.24, 2.45) is 0 Å². The fourth-order valence-electron chi connectivity index (χ4n) is 3.70. The molecule has 1 amide bonds. The molecule has 4 nitrogen and oxygen atoms in total. The third kappa shape index (κ3) is 6.19. The van der Waals surface area contributed by atoms with E-state index in [4.69, 9.17) is 4.74 Å². The molecule has 1 atom stereocenters. The number of hydrogen-bond donors (Lipinski definition) is 1. The molecule has 4 aromatic rings. The zero-order chi connectivity index (χ0) is 24.8. The number of nitrogens with one attached hydrogen (secondary N) is 1. The summed E-state index contributed by atoms with van der Waals surface area (Å²) in [7, 11) is 0. The summed E-state index contributed by atoms with van der Waals surface area (Å²) >= 11 is 7.13. The third-order valence-electron chi connectivity index (χ3n) is 5.54. The first-order valence-electron chi connectivity index (χ1n) is 11.0. The Morgan fingerprint density at radius 2 is 1.63 bits per heavy atom. The van der Waals surface area contributed by atoms with Gasteiger partial charge < -0.3 is 10.1 Å². The van der Waals surface area contributed by atoms with Gasteiger partial charge in [-0.1, -0.05) is 66.7 Å². The zero-order valence-corrected chi connectivity index (χ0v) is 22.1. The minimum Gasteiger partial charge on any atom is -0.487 e. The minimum absolute atomic E-state index is 0.0245. The van der Waals surface area contributed by atoms with E-state index in [0.717, 1.165) is 16.5 Å². The van der Waals surface area contributed by atoms with Crippen molar-refractivity contribution >= 4 is 54.6 Å². The van der Waals surface area contributed by atoms with E-state index >= 15 is 0 Å². The molecule has 0 unspecified atom stereocenters. The number of benzene rings is 4. The van der Waals surface area contributed by atoms with Gasteiger partial charge in [-0.15, -0.1) is 0 Å². The molecule has 0 aliphatic carbocycles. The number of carbonyl (C=O) groups excluding carboxylic acids is 1. The van der Waals surface area contributed by atoms with Gasteiger partial charge in [0.05, 0.1) is 15.0 Å². The average molecular weight is 590 g/mol. The van der Waals surface area contributed by atoms with Crippen molar-refractivity contribution in [1.29, 1.82) is 5.26 Å². The Labute approximate surface area is 221 Å². The summed E-state index contributed by atoms with van der Waals surface area (Å²) in [5.41, 5.74) is 2.75. The van der Waals surface area contributed by atoms with E-state index in [2.05, 4.69) is 67.5 Å². The second kappa shape index (κ2) is 11.4. The molecule has 0 aliphatic heterocycles. The minimum atomic E-state index is -0.423. The summed E-state index contributed by atoms with van der Waals surface area (Å²) in [6, 6.07) is 29.5.